The average Bonchev–Trinajstić information content (AvgIpc) is 2.62. The van der Waals surface area contributed by atoms with E-state index in [4.69, 9.17) is 16.3 Å². The van der Waals surface area contributed by atoms with E-state index in [1.807, 2.05) is 39.0 Å². The van der Waals surface area contributed by atoms with Gasteiger partial charge in [-0.3, -0.25) is 9.10 Å². The zero-order chi connectivity index (χ0) is 21.9. The van der Waals surface area contributed by atoms with Gasteiger partial charge in [-0.05, 0) is 57.0 Å². The number of aryl methyl sites for hydroxylation is 2. The number of benzene rings is 2. The number of halogens is 1. The van der Waals surface area contributed by atoms with E-state index in [1.165, 1.54) is 20.1 Å². The summed E-state index contributed by atoms with van der Waals surface area (Å²) in [6.07, 6.45) is 1.05. The first kappa shape index (κ1) is 23.0. The Hall–Kier alpha value is -2.25. The lowest BCUT2D eigenvalue weighted by molar-refractivity contribution is -0.122. The van der Waals surface area contributed by atoms with Crippen LogP contribution in [0.2, 0.25) is 5.02 Å². The van der Waals surface area contributed by atoms with Gasteiger partial charge in [0, 0.05) is 5.02 Å². The molecule has 6 nitrogen and oxygen atoms in total. The van der Waals surface area contributed by atoms with Crippen LogP contribution in [0.5, 0.6) is 5.75 Å². The standard InChI is InChI=1S/C21H27ClN2O4S/c1-13-7-8-14(2)18(11-13)15(3)23-21(25)16(4)24(29(6,26)27)19-12-17(22)9-10-20(19)28-5/h7-12,15-16H,1-6H3,(H,23,25)/t15-,16-/m0/s1. The molecule has 0 radical (unpaired) electrons. The molecule has 0 aliphatic heterocycles. The van der Waals surface area contributed by atoms with Crippen LogP contribution in [0.25, 0.3) is 0 Å². The van der Waals surface area contributed by atoms with Gasteiger partial charge in [0.2, 0.25) is 15.9 Å². The van der Waals surface area contributed by atoms with Crippen molar-refractivity contribution in [2.24, 2.45) is 0 Å². The summed E-state index contributed by atoms with van der Waals surface area (Å²) in [6.45, 7) is 7.36. The second kappa shape index (κ2) is 9.05. The highest BCUT2D eigenvalue weighted by Gasteiger charge is 2.32. The lowest BCUT2D eigenvalue weighted by atomic mass is 10.00. The molecule has 0 heterocycles. The van der Waals surface area contributed by atoms with E-state index in [1.54, 1.807) is 12.1 Å². The number of anilines is 1. The molecule has 1 N–H and O–H groups in total. The maximum Gasteiger partial charge on any atom is 0.244 e. The summed E-state index contributed by atoms with van der Waals surface area (Å²) < 4.78 is 31.4. The molecule has 0 unspecified atom stereocenters. The largest absolute Gasteiger partial charge is 0.495 e. The van der Waals surface area contributed by atoms with E-state index in [0.717, 1.165) is 27.3 Å². The van der Waals surface area contributed by atoms with Crippen molar-refractivity contribution in [2.75, 3.05) is 17.7 Å². The van der Waals surface area contributed by atoms with E-state index in [2.05, 4.69) is 5.32 Å². The summed E-state index contributed by atoms with van der Waals surface area (Å²) in [7, 11) is -2.36. The van der Waals surface area contributed by atoms with E-state index < -0.39 is 22.0 Å². The Balaban J connectivity index is 2.37. The molecule has 2 rings (SSSR count). The normalized spacial score (nSPS) is 13.5. The zero-order valence-corrected chi connectivity index (χ0v) is 19.1. The van der Waals surface area contributed by atoms with E-state index in [9.17, 15) is 13.2 Å². The third-order valence-corrected chi connectivity index (χ3v) is 6.19. The number of hydrogen-bond donors (Lipinski definition) is 1. The molecule has 2 atom stereocenters. The van der Waals surface area contributed by atoms with Crippen molar-refractivity contribution in [3.63, 3.8) is 0 Å². The summed E-state index contributed by atoms with van der Waals surface area (Å²) in [4.78, 5) is 13.0. The van der Waals surface area contributed by atoms with Crippen molar-refractivity contribution in [2.45, 2.75) is 39.8 Å². The number of nitrogens with zero attached hydrogens (tertiary/aromatic N) is 1. The lowest BCUT2D eigenvalue weighted by Gasteiger charge is -2.30. The highest BCUT2D eigenvalue weighted by atomic mass is 35.5. The Morgan fingerprint density at radius 3 is 2.38 bits per heavy atom. The number of rotatable bonds is 7. The van der Waals surface area contributed by atoms with E-state index >= 15 is 0 Å². The van der Waals surface area contributed by atoms with Gasteiger partial charge in [0.1, 0.15) is 11.8 Å². The molecular formula is C21H27ClN2O4S. The maximum absolute atomic E-state index is 13.0. The van der Waals surface area contributed by atoms with Gasteiger partial charge in [0.25, 0.3) is 0 Å². The maximum atomic E-state index is 13.0. The number of amides is 1. The average molecular weight is 439 g/mol. The molecule has 29 heavy (non-hydrogen) atoms. The Morgan fingerprint density at radius 2 is 1.79 bits per heavy atom. The van der Waals surface area contributed by atoms with E-state index in [0.29, 0.717) is 10.8 Å². The fourth-order valence-electron chi connectivity index (χ4n) is 3.25. The van der Waals surface area contributed by atoms with Crippen LogP contribution < -0.4 is 14.4 Å². The molecule has 0 saturated heterocycles. The molecule has 2 aromatic rings. The van der Waals surface area contributed by atoms with Crippen LogP contribution in [0.3, 0.4) is 0 Å². The third-order valence-electron chi connectivity index (χ3n) is 4.73. The smallest absolute Gasteiger partial charge is 0.244 e. The van der Waals surface area contributed by atoms with Gasteiger partial charge >= 0.3 is 0 Å². The molecule has 158 valence electrons. The molecular weight excluding hydrogens is 412 g/mol. The van der Waals surface area contributed by atoms with Crippen LogP contribution in [0.4, 0.5) is 5.69 Å². The molecule has 1 amide bonds. The van der Waals surface area contributed by atoms with Gasteiger partial charge in [-0.1, -0.05) is 35.4 Å². The minimum atomic E-state index is -3.79. The number of ether oxygens (including phenoxy) is 1. The Bertz CT molecular complexity index is 1010. The van der Waals surface area contributed by atoms with Crippen molar-refractivity contribution in [3.8, 4) is 5.75 Å². The molecule has 0 fully saturated rings. The van der Waals surface area contributed by atoms with Gasteiger partial charge in [0.15, 0.2) is 0 Å². The highest BCUT2D eigenvalue weighted by molar-refractivity contribution is 7.92. The Kier molecular flexibility index (Phi) is 7.19. The van der Waals surface area contributed by atoms with Crippen molar-refractivity contribution in [3.05, 3.63) is 58.1 Å². The summed E-state index contributed by atoms with van der Waals surface area (Å²) in [6, 6.07) is 9.36. The first-order valence-corrected chi connectivity index (χ1v) is 11.4. The molecule has 2 aromatic carbocycles. The SMILES string of the molecule is COc1ccc(Cl)cc1N([C@@H](C)C(=O)N[C@@H](C)c1cc(C)ccc1C)S(C)(=O)=O. The molecule has 0 aromatic heterocycles. The highest BCUT2D eigenvalue weighted by Crippen LogP contribution is 2.34. The first-order chi connectivity index (χ1) is 13.5. The second-order valence-electron chi connectivity index (χ2n) is 7.14. The summed E-state index contributed by atoms with van der Waals surface area (Å²) in [5.41, 5.74) is 3.33. The summed E-state index contributed by atoms with van der Waals surface area (Å²) >= 11 is 6.07. The zero-order valence-electron chi connectivity index (χ0n) is 17.5. The fraction of sp³-hybridized carbons (Fsp3) is 0.381. The van der Waals surface area contributed by atoms with Crippen LogP contribution in [0, 0.1) is 13.8 Å². The topological polar surface area (TPSA) is 75.7 Å². The molecule has 0 aliphatic carbocycles. The molecule has 0 aliphatic rings. The first-order valence-electron chi connectivity index (χ1n) is 9.16. The summed E-state index contributed by atoms with van der Waals surface area (Å²) in [5, 5.41) is 3.26. The number of sulfonamides is 1. The summed E-state index contributed by atoms with van der Waals surface area (Å²) in [5.74, 6) is -0.118. The van der Waals surface area contributed by atoms with Crippen LogP contribution in [-0.4, -0.2) is 33.7 Å². The number of nitrogens with one attached hydrogen (secondary N) is 1. The van der Waals surface area contributed by atoms with Gasteiger partial charge in [-0.25, -0.2) is 8.42 Å². The Labute approximate surface area is 177 Å². The van der Waals surface area contributed by atoms with Crippen molar-refractivity contribution >= 4 is 33.2 Å². The lowest BCUT2D eigenvalue weighted by Crippen LogP contribution is -2.48. The van der Waals surface area contributed by atoms with Gasteiger partial charge in [0.05, 0.1) is 25.1 Å². The molecule has 0 bridgehead atoms. The molecule has 0 spiro atoms. The van der Waals surface area contributed by atoms with Crippen molar-refractivity contribution < 1.29 is 17.9 Å². The second-order valence-corrected chi connectivity index (χ2v) is 9.44. The minimum absolute atomic E-state index is 0.213. The number of hydrogen-bond acceptors (Lipinski definition) is 4. The predicted octanol–water partition coefficient (Wildman–Crippen LogP) is 4.00. The van der Waals surface area contributed by atoms with Crippen molar-refractivity contribution in [1.29, 1.82) is 0 Å². The third kappa shape index (κ3) is 5.42. The molecule has 0 saturated carbocycles. The minimum Gasteiger partial charge on any atom is -0.495 e. The van der Waals surface area contributed by atoms with Crippen molar-refractivity contribution in [1.82, 2.24) is 5.32 Å². The number of carbonyl (C=O) groups excluding carboxylic acids is 1. The monoisotopic (exact) mass is 438 g/mol. The van der Waals surface area contributed by atoms with Crippen LogP contribution in [0.15, 0.2) is 36.4 Å². The van der Waals surface area contributed by atoms with Crippen LogP contribution >= 0.6 is 11.6 Å². The number of methoxy groups -OCH3 is 1. The predicted molar refractivity (Wildman–Crippen MR) is 117 cm³/mol. The molecule has 8 heteroatoms. The van der Waals surface area contributed by atoms with Gasteiger partial charge in [-0.15, -0.1) is 0 Å². The quantitative estimate of drug-likeness (QED) is 0.708. The van der Waals surface area contributed by atoms with Gasteiger partial charge in [-0.2, -0.15) is 0 Å². The fourth-order valence-corrected chi connectivity index (χ4v) is 4.59. The Morgan fingerprint density at radius 1 is 1.14 bits per heavy atom. The number of carbonyl (C=O) groups is 1. The van der Waals surface area contributed by atoms with Crippen LogP contribution in [-0.2, 0) is 14.8 Å². The van der Waals surface area contributed by atoms with Gasteiger partial charge < -0.3 is 10.1 Å². The van der Waals surface area contributed by atoms with Crippen LogP contribution in [0.1, 0.15) is 36.6 Å². The van der Waals surface area contributed by atoms with E-state index in [-0.39, 0.29) is 11.7 Å².